The molecule has 0 fully saturated rings. The van der Waals surface area contributed by atoms with Crippen molar-refractivity contribution >= 4 is 17.9 Å². The molecule has 0 saturated heterocycles. The molecule has 0 atom stereocenters. The highest BCUT2D eigenvalue weighted by molar-refractivity contribution is 5.91. The summed E-state index contributed by atoms with van der Waals surface area (Å²) in [5, 5.41) is 0. The van der Waals surface area contributed by atoms with Crippen molar-refractivity contribution in [1.29, 1.82) is 0 Å². The Morgan fingerprint density at radius 2 is 1.67 bits per heavy atom. The maximum Gasteiger partial charge on any atom is 0.339 e. The number of hydrogen-bond acceptors (Lipinski definition) is 7. The Morgan fingerprint density at radius 1 is 1.04 bits per heavy atom. The number of methoxy groups -OCH3 is 2. The minimum absolute atomic E-state index is 0.0944. The van der Waals surface area contributed by atoms with Crippen LogP contribution >= 0.6 is 0 Å². The van der Waals surface area contributed by atoms with Gasteiger partial charge < -0.3 is 18.8 Å². The molecule has 0 N–H and O–H groups in total. The van der Waals surface area contributed by atoms with Crippen molar-refractivity contribution in [2.75, 3.05) is 14.2 Å². The van der Waals surface area contributed by atoms with Crippen LogP contribution in [0, 0.1) is 5.41 Å². The van der Waals surface area contributed by atoms with Crippen LogP contribution in [0.25, 0.3) is 11.4 Å². The van der Waals surface area contributed by atoms with Gasteiger partial charge in [-0.25, -0.2) is 9.59 Å². The summed E-state index contributed by atoms with van der Waals surface area (Å²) in [4.78, 5) is 39.7. The van der Waals surface area contributed by atoms with Crippen LogP contribution in [0.4, 0.5) is 0 Å². The minimum Gasteiger partial charge on any atom is -0.465 e. The molecule has 0 bridgehead atoms. The second-order valence-corrected chi connectivity index (χ2v) is 6.81. The number of carbonyl (C=O) groups excluding carboxylic acids is 3. The van der Waals surface area contributed by atoms with Crippen molar-refractivity contribution in [2.24, 2.45) is 5.41 Å². The smallest absolute Gasteiger partial charge is 0.339 e. The number of ether oxygens (including phenoxy) is 3. The third kappa shape index (κ3) is 4.72. The zero-order chi connectivity index (χ0) is 20.2. The number of nitrogens with zero attached hydrogens (tertiary/aromatic N) is 2. The van der Waals surface area contributed by atoms with E-state index >= 15 is 0 Å². The molecular formula is C19H22N2O6. The van der Waals surface area contributed by atoms with Gasteiger partial charge in [0.25, 0.3) is 0 Å². The molecule has 0 radical (unpaired) electrons. The number of esters is 3. The molecule has 0 aliphatic rings. The summed E-state index contributed by atoms with van der Waals surface area (Å²) < 4.78 is 16.3. The van der Waals surface area contributed by atoms with E-state index < -0.39 is 17.4 Å². The molecule has 0 aliphatic heterocycles. The van der Waals surface area contributed by atoms with Crippen molar-refractivity contribution in [2.45, 2.75) is 27.5 Å². The fourth-order valence-electron chi connectivity index (χ4n) is 2.19. The summed E-state index contributed by atoms with van der Waals surface area (Å²) in [6, 6.07) is 4.76. The molecule has 8 heteroatoms. The van der Waals surface area contributed by atoms with E-state index in [0.29, 0.717) is 17.0 Å². The van der Waals surface area contributed by atoms with Crippen LogP contribution in [0.2, 0.25) is 0 Å². The van der Waals surface area contributed by atoms with Crippen LogP contribution in [-0.4, -0.2) is 41.7 Å². The molecule has 0 amide bonds. The number of hydrogen-bond donors (Lipinski definition) is 0. The first-order valence-corrected chi connectivity index (χ1v) is 8.18. The fourth-order valence-corrected chi connectivity index (χ4v) is 2.19. The van der Waals surface area contributed by atoms with Crippen LogP contribution in [0.15, 0.2) is 30.6 Å². The second kappa shape index (κ2) is 8.03. The molecule has 144 valence electrons. The van der Waals surface area contributed by atoms with Crippen LogP contribution < -0.4 is 0 Å². The highest BCUT2D eigenvalue weighted by Gasteiger charge is 2.24. The maximum absolute atomic E-state index is 12.0. The Balaban J connectivity index is 2.36. The number of aromatic nitrogens is 2. The van der Waals surface area contributed by atoms with Gasteiger partial charge in [0.1, 0.15) is 0 Å². The van der Waals surface area contributed by atoms with Gasteiger partial charge in [0.2, 0.25) is 0 Å². The van der Waals surface area contributed by atoms with Gasteiger partial charge >= 0.3 is 17.9 Å². The average molecular weight is 374 g/mol. The predicted molar refractivity (Wildman–Crippen MR) is 95.9 cm³/mol. The molecule has 8 nitrogen and oxygen atoms in total. The lowest BCUT2D eigenvalue weighted by atomic mass is 9.98. The van der Waals surface area contributed by atoms with E-state index in [-0.39, 0.29) is 18.3 Å². The number of pyridine rings is 1. The predicted octanol–water partition coefficient (Wildman–Crippen LogP) is 2.67. The molecule has 0 unspecified atom stereocenters. The summed E-state index contributed by atoms with van der Waals surface area (Å²) in [5.41, 5.74) is 0.960. The van der Waals surface area contributed by atoms with E-state index in [9.17, 15) is 14.4 Å². The van der Waals surface area contributed by atoms with Gasteiger partial charge in [-0.1, -0.05) is 0 Å². The Morgan fingerprint density at radius 3 is 2.19 bits per heavy atom. The molecule has 0 aliphatic carbocycles. The van der Waals surface area contributed by atoms with Gasteiger partial charge in [-0.3, -0.25) is 9.78 Å². The van der Waals surface area contributed by atoms with Gasteiger partial charge in [0, 0.05) is 12.4 Å². The van der Waals surface area contributed by atoms with Gasteiger partial charge in [-0.2, -0.15) is 0 Å². The lowest BCUT2D eigenvalue weighted by Crippen LogP contribution is -2.24. The highest BCUT2D eigenvalue weighted by Crippen LogP contribution is 2.23. The van der Waals surface area contributed by atoms with Crippen LogP contribution in [0.1, 0.15) is 41.5 Å². The highest BCUT2D eigenvalue weighted by atomic mass is 16.5. The Labute approximate surface area is 157 Å². The summed E-state index contributed by atoms with van der Waals surface area (Å²) in [5.74, 6) is -1.40. The normalized spacial score (nSPS) is 11.0. The van der Waals surface area contributed by atoms with Crippen LogP contribution in [-0.2, 0) is 25.7 Å². The standard InChI is InChI=1S/C19H22N2O6/c1-19(2,3)18(24)27-11-21-10-13(17(23)26-5)8-15(21)14-7-6-12(9-20-14)16(22)25-4/h6-10H,11H2,1-5H3. The summed E-state index contributed by atoms with van der Waals surface area (Å²) in [6.45, 7) is 5.15. The van der Waals surface area contributed by atoms with E-state index in [2.05, 4.69) is 9.72 Å². The molecule has 2 aromatic heterocycles. The van der Waals surface area contributed by atoms with Crippen molar-refractivity contribution in [3.05, 3.63) is 41.7 Å². The maximum atomic E-state index is 12.0. The molecule has 0 aromatic carbocycles. The average Bonchev–Trinajstić information content (AvgIpc) is 3.08. The molecule has 2 heterocycles. The zero-order valence-electron chi connectivity index (χ0n) is 15.9. The van der Waals surface area contributed by atoms with Gasteiger partial charge in [-0.15, -0.1) is 0 Å². The molecule has 2 aromatic rings. The molecule has 27 heavy (non-hydrogen) atoms. The van der Waals surface area contributed by atoms with Crippen molar-refractivity contribution in [3.8, 4) is 11.4 Å². The number of carbonyl (C=O) groups is 3. The lowest BCUT2D eigenvalue weighted by molar-refractivity contribution is -0.156. The van der Waals surface area contributed by atoms with E-state index in [1.54, 1.807) is 43.5 Å². The first-order chi connectivity index (χ1) is 12.7. The Hall–Kier alpha value is -3.16. The Kier molecular flexibility index (Phi) is 5.99. The minimum atomic E-state index is -0.654. The summed E-state index contributed by atoms with van der Waals surface area (Å²) in [7, 11) is 2.57. The molecule has 0 saturated carbocycles. The summed E-state index contributed by atoms with van der Waals surface area (Å²) >= 11 is 0. The van der Waals surface area contributed by atoms with E-state index in [1.807, 2.05) is 0 Å². The molecular weight excluding hydrogens is 352 g/mol. The molecule has 2 rings (SSSR count). The zero-order valence-corrected chi connectivity index (χ0v) is 15.9. The largest absolute Gasteiger partial charge is 0.465 e. The van der Waals surface area contributed by atoms with Crippen molar-refractivity contribution in [1.82, 2.24) is 9.55 Å². The van der Waals surface area contributed by atoms with Crippen molar-refractivity contribution in [3.63, 3.8) is 0 Å². The van der Waals surface area contributed by atoms with E-state index in [4.69, 9.17) is 9.47 Å². The van der Waals surface area contributed by atoms with Crippen LogP contribution in [0.3, 0.4) is 0 Å². The van der Waals surface area contributed by atoms with Crippen LogP contribution in [0.5, 0.6) is 0 Å². The first-order valence-electron chi connectivity index (χ1n) is 8.18. The van der Waals surface area contributed by atoms with Gasteiger partial charge in [-0.05, 0) is 39.0 Å². The van der Waals surface area contributed by atoms with Crippen molar-refractivity contribution < 1.29 is 28.6 Å². The first kappa shape index (κ1) is 20.2. The van der Waals surface area contributed by atoms with Gasteiger partial charge in [0.15, 0.2) is 6.73 Å². The van der Waals surface area contributed by atoms with E-state index in [1.165, 1.54) is 26.6 Å². The molecule has 0 spiro atoms. The lowest BCUT2D eigenvalue weighted by Gasteiger charge is -2.17. The van der Waals surface area contributed by atoms with Gasteiger partial charge in [0.05, 0.1) is 42.1 Å². The fraction of sp³-hybridized carbons (Fsp3) is 0.368. The third-order valence-electron chi connectivity index (χ3n) is 3.71. The topological polar surface area (TPSA) is 96.7 Å². The van der Waals surface area contributed by atoms with E-state index in [0.717, 1.165) is 0 Å². The number of rotatable bonds is 5. The monoisotopic (exact) mass is 374 g/mol. The second-order valence-electron chi connectivity index (χ2n) is 6.81. The quantitative estimate of drug-likeness (QED) is 0.586. The third-order valence-corrected chi connectivity index (χ3v) is 3.71. The Bertz CT molecular complexity index is 846. The summed E-state index contributed by atoms with van der Waals surface area (Å²) in [6.07, 6.45) is 2.89. The SMILES string of the molecule is COC(=O)c1ccc(-c2cc(C(=O)OC)cn2COC(=O)C(C)(C)C)nc1.